The first-order valence-corrected chi connectivity index (χ1v) is 6.45. The van der Waals surface area contributed by atoms with Gasteiger partial charge in [-0.15, -0.1) is 0 Å². The van der Waals surface area contributed by atoms with Gasteiger partial charge in [-0.05, 0) is 11.5 Å². The molecule has 1 atom stereocenters. The standard InChI is InChI=1S/C13H15BrNO.BrH/c1-10-6-11-4-2-3-5-12(11)8-15(10)9-13(16)7-14;/h2-6,8,13,16H,7,9H2,1H3;1H/q+1;/p-1. The van der Waals surface area contributed by atoms with E-state index < -0.39 is 0 Å². The molecule has 1 unspecified atom stereocenters. The second-order valence-electron chi connectivity index (χ2n) is 4.00. The molecule has 1 aromatic carbocycles. The molecule has 2 aromatic rings. The summed E-state index contributed by atoms with van der Waals surface area (Å²) in [5, 5.41) is 12.7. The lowest BCUT2D eigenvalue weighted by molar-refractivity contribution is -0.707. The maximum Gasteiger partial charge on any atom is 0.178 e. The van der Waals surface area contributed by atoms with Crippen LogP contribution in [0.1, 0.15) is 5.69 Å². The first kappa shape index (κ1) is 14.6. The normalized spacial score (nSPS) is 12.2. The molecule has 0 saturated carbocycles. The van der Waals surface area contributed by atoms with Crippen LogP contribution < -0.4 is 21.5 Å². The molecular weight excluding hydrogens is 346 g/mol. The zero-order chi connectivity index (χ0) is 11.5. The lowest BCUT2D eigenvalue weighted by Gasteiger charge is -2.06. The molecule has 0 bridgehead atoms. The van der Waals surface area contributed by atoms with E-state index in [1.807, 2.05) is 12.1 Å². The quantitative estimate of drug-likeness (QED) is 0.562. The largest absolute Gasteiger partial charge is 1.00 e. The van der Waals surface area contributed by atoms with Crippen LogP contribution in [0.2, 0.25) is 0 Å². The Morgan fingerprint density at radius 1 is 1.29 bits per heavy atom. The summed E-state index contributed by atoms with van der Waals surface area (Å²) in [5.41, 5.74) is 1.17. The third kappa shape index (κ3) is 3.50. The van der Waals surface area contributed by atoms with E-state index in [2.05, 4.69) is 51.8 Å². The number of aromatic nitrogens is 1. The first-order chi connectivity index (χ1) is 7.70. The Morgan fingerprint density at radius 3 is 2.59 bits per heavy atom. The van der Waals surface area contributed by atoms with Crippen LogP contribution in [0.5, 0.6) is 0 Å². The highest BCUT2D eigenvalue weighted by Crippen LogP contribution is 2.12. The zero-order valence-corrected chi connectivity index (χ0v) is 12.8. The van der Waals surface area contributed by atoms with Crippen LogP contribution in [0, 0.1) is 6.92 Å². The molecule has 0 fully saturated rings. The van der Waals surface area contributed by atoms with Crippen molar-refractivity contribution in [3.63, 3.8) is 0 Å². The van der Waals surface area contributed by atoms with Crippen molar-refractivity contribution in [1.82, 2.24) is 0 Å². The molecule has 1 N–H and O–H groups in total. The number of alkyl halides is 1. The molecule has 92 valence electrons. The Kier molecular flexibility index (Phi) is 5.56. The molecule has 0 saturated heterocycles. The highest BCUT2D eigenvalue weighted by Gasteiger charge is 2.13. The Balaban J connectivity index is 0.00000144. The predicted molar refractivity (Wildman–Crippen MR) is 68.7 cm³/mol. The summed E-state index contributed by atoms with van der Waals surface area (Å²) < 4.78 is 2.09. The van der Waals surface area contributed by atoms with Crippen LogP contribution in [-0.2, 0) is 6.54 Å². The Bertz CT molecular complexity index is 502. The average Bonchev–Trinajstić information content (AvgIpc) is 2.30. The number of hydrogen-bond donors (Lipinski definition) is 1. The number of pyridine rings is 1. The van der Waals surface area contributed by atoms with E-state index in [9.17, 15) is 5.11 Å². The summed E-state index contributed by atoms with van der Waals surface area (Å²) in [4.78, 5) is 0. The third-order valence-electron chi connectivity index (χ3n) is 2.69. The molecule has 17 heavy (non-hydrogen) atoms. The molecule has 0 radical (unpaired) electrons. The van der Waals surface area contributed by atoms with Crippen LogP contribution in [0.3, 0.4) is 0 Å². The van der Waals surface area contributed by atoms with Crippen LogP contribution >= 0.6 is 15.9 Å². The number of rotatable bonds is 3. The maximum absolute atomic E-state index is 9.64. The summed E-state index contributed by atoms with van der Waals surface area (Å²) in [6.45, 7) is 2.69. The minimum atomic E-state index is -0.343. The van der Waals surface area contributed by atoms with Crippen molar-refractivity contribution in [2.75, 3.05) is 5.33 Å². The van der Waals surface area contributed by atoms with Crippen LogP contribution in [0.4, 0.5) is 0 Å². The number of benzene rings is 1. The van der Waals surface area contributed by atoms with Gasteiger partial charge in [-0.3, -0.25) is 0 Å². The summed E-state index contributed by atoms with van der Waals surface area (Å²) in [7, 11) is 0. The third-order valence-corrected chi connectivity index (χ3v) is 3.44. The molecular formula is C13H15Br2NO. The molecule has 0 amide bonds. The number of nitrogens with zero attached hydrogens (tertiary/aromatic N) is 1. The number of aryl methyl sites for hydroxylation is 1. The van der Waals surface area contributed by atoms with Gasteiger partial charge in [0.25, 0.3) is 0 Å². The highest BCUT2D eigenvalue weighted by molar-refractivity contribution is 9.09. The Labute approximate surface area is 120 Å². The summed E-state index contributed by atoms with van der Waals surface area (Å²) in [6, 6.07) is 10.4. The fourth-order valence-electron chi connectivity index (χ4n) is 1.81. The van der Waals surface area contributed by atoms with Gasteiger partial charge in [0.2, 0.25) is 0 Å². The van der Waals surface area contributed by atoms with Gasteiger partial charge in [-0.25, -0.2) is 0 Å². The molecule has 0 aliphatic carbocycles. The molecule has 1 aromatic heterocycles. The van der Waals surface area contributed by atoms with E-state index >= 15 is 0 Å². The molecule has 2 nitrogen and oxygen atoms in total. The Hall–Kier alpha value is -0.450. The van der Waals surface area contributed by atoms with Gasteiger partial charge < -0.3 is 22.1 Å². The van der Waals surface area contributed by atoms with Crippen molar-refractivity contribution in [3.8, 4) is 0 Å². The second-order valence-corrected chi connectivity index (χ2v) is 4.65. The molecule has 2 rings (SSSR count). The van der Waals surface area contributed by atoms with E-state index in [0.717, 1.165) is 0 Å². The van der Waals surface area contributed by atoms with E-state index in [1.54, 1.807) is 0 Å². The van der Waals surface area contributed by atoms with Crippen molar-refractivity contribution in [1.29, 1.82) is 0 Å². The van der Waals surface area contributed by atoms with Gasteiger partial charge in [0.1, 0.15) is 6.10 Å². The number of halogens is 2. The smallest absolute Gasteiger partial charge is 0.178 e. The van der Waals surface area contributed by atoms with Gasteiger partial charge in [-0.2, -0.15) is 4.57 Å². The first-order valence-electron chi connectivity index (χ1n) is 5.33. The SMILES string of the molecule is Cc1cc2ccccc2c[n+]1CC(O)CBr.[Br-]. The monoisotopic (exact) mass is 359 g/mol. The summed E-state index contributed by atoms with van der Waals surface area (Å²) in [6.07, 6.45) is 1.75. The summed E-state index contributed by atoms with van der Waals surface area (Å²) in [5.74, 6) is 0. The number of aliphatic hydroxyl groups is 1. The van der Waals surface area contributed by atoms with Crippen LogP contribution in [0.15, 0.2) is 36.5 Å². The molecule has 0 aliphatic rings. The van der Waals surface area contributed by atoms with E-state index in [-0.39, 0.29) is 23.1 Å². The zero-order valence-electron chi connectivity index (χ0n) is 9.61. The minimum absolute atomic E-state index is 0. The van der Waals surface area contributed by atoms with E-state index in [4.69, 9.17) is 0 Å². The molecule has 0 spiro atoms. The number of hydrogen-bond acceptors (Lipinski definition) is 1. The van der Waals surface area contributed by atoms with Crippen molar-refractivity contribution >= 4 is 26.7 Å². The number of aliphatic hydroxyl groups excluding tert-OH is 1. The fraction of sp³-hybridized carbons (Fsp3) is 0.308. The fourth-order valence-corrected chi connectivity index (χ4v) is 2.01. The lowest BCUT2D eigenvalue weighted by atomic mass is 10.1. The molecule has 1 heterocycles. The van der Waals surface area contributed by atoms with Gasteiger partial charge in [-0.1, -0.05) is 34.1 Å². The van der Waals surface area contributed by atoms with Crippen LogP contribution in [0.25, 0.3) is 10.8 Å². The van der Waals surface area contributed by atoms with Crippen molar-refractivity contribution < 1.29 is 26.7 Å². The van der Waals surface area contributed by atoms with Gasteiger partial charge in [0.15, 0.2) is 18.4 Å². The highest BCUT2D eigenvalue weighted by atomic mass is 79.9. The minimum Gasteiger partial charge on any atom is -1.00 e. The van der Waals surface area contributed by atoms with E-state index in [1.165, 1.54) is 16.5 Å². The Morgan fingerprint density at radius 2 is 1.94 bits per heavy atom. The lowest BCUT2D eigenvalue weighted by Crippen LogP contribution is -3.00. The summed E-state index contributed by atoms with van der Waals surface area (Å²) >= 11 is 3.28. The van der Waals surface area contributed by atoms with Crippen molar-refractivity contribution in [3.05, 3.63) is 42.2 Å². The topological polar surface area (TPSA) is 24.1 Å². The molecule has 0 aliphatic heterocycles. The maximum atomic E-state index is 9.64. The van der Waals surface area contributed by atoms with Gasteiger partial charge in [0, 0.05) is 23.7 Å². The van der Waals surface area contributed by atoms with Gasteiger partial charge >= 0.3 is 0 Å². The molecule has 4 heteroatoms. The van der Waals surface area contributed by atoms with Crippen molar-refractivity contribution in [2.45, 2.75) is 19.6 Å². The van der Waals surface area contributed by atoms with E-state index in [0.29, 0.717) is 11.9 Å². The van der Waals surface area contributed by atoms with Crippen molar-refractivity contribution in [2.24, 2.45) is 0 Å². The second kappa shape index (κ2) is 6.47. The van der Waals surface area contributed by atoms with Gasteiger partial charge in [0.05, 0.1) is 0 Å². The predicted octanol–water partition coefficient (Wildman–Crippen LogP) is -0.804. The number of fused-ring (bicyclic) bond motifs is 1. The van der Waals surface area contributed by atoms with Crippen LogP contribution in [-0.4, -0.2) is 16.5 Å². The average molecular weight is 361 g/mol.